The summed E-state index contributed by atoms with van der Waals surface area (Å²) in [4.78, 5) is 0. The van der Waals surface area contributed by atoms with Gasteiger partial charge in [-0.25, -0.2) is 0 Å². The first kappa shape index (κ1) is 13.5. The molecule has 0 nitrogen and oxygen atoms in total. The molecule has 1 rings (SSSR count). The zero-order chi connectivity index (χ0) is 12.7. The van der Waals surface area contributed by atoms with Gasteiger partial charge in [-0.15, -0.1) is 13.2 Å². The Morgan fingerprint density at radius 2 is 1.59 bits per heavy atom. The fourth-order valence-electron chi connectivity index (χ4n) is 1.57. The van der Waals surface area contributed by atoms with Crippen molar-refractivity contribution in [2.45, 2.75) is 12.8 Å². The summed E-state index contributed by atoms with van der Waals surface area (Å²) in [5, 5.41) is 0.739. The molecule has 0 saturated heterocycles. The van der Waals surface area contributed by atoms with Crippen LogP contribution in [0, 0.1) is 0 Å². The van der Waals surface area contributed by atoms with Crippen LogP contribution in [0.3, 0.4) is 0 Å². The number of hydrogen-bond donors (Lipinski definition) is 0. The molecular formula is C16H17Cl. The molecule has 0 fully saturated rings. The Morgan fingerprint density at radius 3 is 2.06 bits per heavy atom. The van der Waals surface area contributed by atoms with E-state index in [0.717, 1.165) is 29.0 Å². The largest absolute Gasteiger partial charge is 0.103 e. The zero-order valence-electron chi connectivity index (χ0n) is 9.95. The van der Waals surface area contributed by atoms with Gasteiger partial charge in [-0.1, -0.05) is 54.1 Å². The van der Waals surface area contributed by atoms with E-state index in [-0.39, 0.29) is 0 Å². The average molecular weight is 245 g/mol. The van der Waals surface area contributed by atoms with Crippen LogP contribution in [0.2, 0.25) is 5.02 Å². The van der Waals surface area contributed by atoms with Gasteiger partial charge in [0.05, 0.1) is 0 Å². The van der Waals surface area contributed by atoms with Gasteiger partial charge >= 0.3 is 0 Å². The Balaban J connectivity index is 2.87. The lowest BCUT2D eigenvalue weighted by Gasteiger charge is -2.05. The molecule has 0 atom stereocenters. The fourth-order valence-corrected chi connectivity index (χ4v) is 1.69. The van der Waals surface area contributed by atoms with Gasteiger partial charge in [0.15, 0.2) is 0 Å². The van der Waals surface area contributed by atoms with Crippen LogP contribution in [-0.2, 0) is 0 Å². The van der Waals surface area contributed by atoms with Crippen LogP contribution in [0.15, 0.2) is 67.8 Å². The lowest BCUT2D eigenvalue weighted by Crippen LogP contribution is -1.84. The van der Waals surface area contributed by atoms with Crippen LogP contribution in [0.4, 0.5) is 0 Å². The summed E-state index contributed by atoms with van der Waals surface area (Å²) in [6, 6.07) is 7.69. The average Bonchev–Trinajstić information content (AvgIpc) is 2.30. The maximum atomic E-state index is 5.85. The lowest BCUT2D eigenvalue weighted by molar-refractivity contribution is 1.12. The predicted octanol–water partition coefficient (Wildman–Crippen LogP) is 5.43. The second kappa shape index (κ2) is 6.93. The summed E-state index contributed by atoms with van der Waals surface area (Å²) in [6.07, 6.45) is 7.60. The van der Waals surface area contributed by atoms with Crippen molar-refractivity contribution in [2.75, 3.05) is 0 Å². The highest BCUT2D eigenvalue weighted by molar-refractivity contribution is 6.30. The van der Waals surface area contributed by atoms with Gasteiger partial charge in [0.2, 0.25) is 0 Å². The molecule has 0 heterocycles. The SMILES string of the molecule is C=CCC(=CC(=C)c1ccc(Cl)cc1)CC=C. The van der Waals surface area contributed by atoms with Gasteiger partial charge in [-0.3, -0.25) is 0 Å². The summed E-state index contributed by atoms with van der Waals surface area (Å²) in [5.41, 5.74) is 3.33. The summed E-state index contributed by atoms with van der Waals surface area (Å²) in [7, 11) is 0. The Labute approximate surface area is 109 Å². The number of hydrogen-bond acceptors (Lipinski definition) is 0. The fraction of sp³-hybridized carbons (Fsp3) is 0.125. The molecule has 0 aliphatic rings. The zero-order valence-corrected chi connectivity index (χ0v) is 10.7. The summed E-state index contributed by atoms with van der Waals surface area (Å²) >= 11 is 5.85. The standard InChI is InChI=1S/C16H17Cl/c1-4-6-14(7-5-2)12-13(3)15-8-10-16(17)11-9-15/h4-5,8-12H,1-3,6-7H2. The third-order valence-electron chi connectivity index (χ3n) is 2.41. The summed E-state index contributed by atoms with van der Waals surface area (Å²) in [5.74, 6) is 0. The molecule has 0 radical (unpaired) electrons. The van der Waals surface area contributed by atoms with Crippen molar-refractivity contribution < 1.29 is 0 Å². The first-order chi connectivity index (χ1) is 8.17. The second-order valence-corrected chi connectivity index (χ2v) is 4.26. The van der Waals surface area contributed by atoms with Crippen LogP contribution in [-0.4, -0.2) is 0 Å². The van der Waals surface area contributed by atoms with Crippen molar-refractivity contribution in [2.24, 2.45) is 0 Å². The maximum absolute atomic E-state index is 5.85. The Kier molecular flexibility index (Phi) is 5.51. The van der Waals surface area contributed by atoms with Crippen LogP contribution >= 0.6 is 11.6 Å². The van der Waals surface area contributed by atoms with Crippen LogP contribution < -0.4 is 0 Å². The number of halogens is 1. The van der Waals surface area contributed by atoms with Gasteiger partial charge in [-0.05, 0) is 36.1 Å². The number of allylic oxidation sites excluding steroid dienone is 5. The maximum Gasteiger partial charge on any atom is 0.0406 e. The molecule has 0 amide bonds. The quantitative estimate of drug-likeness (QED) is 0.462. The minimum Gasteiger partial charge on any atom is -0.103 e. The van der Waals surface area contributed by atoms with Crippen molar-refractivity contribution >= 4 is 17.2 Å². The first-order valence-electron chi connectivity index (χ1n) is 5.53. The van der Waals surface area contributed by atoms with Crippen LogP contribution in [0.5, 0.6) is 0 Å². The molecular weight excluding hydrogens is 228 g/mol. The molecule has 1 heteroatoms. The molecule has 0 unspecified atom stereocenters. The molecule has 0 spiro atoms. The Hall–Kier alpha value is -1.53. The molecule has 88 valence electrons. The van der Waals surface area contributed by atoms with Gasteiger partial charge in [0, 0.05) is 5.02 Å². The normalized spacial score (nSPS) is 9.47. The molecule has 17 heavy (non-hydrogen) atoms. The van der Waals surface area contributed by atoms with Crippen molar-refractivity contribution in [1.29, 1.82) is 0 Å². The van der Waals surface area contributed by atoms with Gasteiger partial charge in [0.1, 0.15) is 0 Å². The van der Waals surface area contributed by atoms with Crippen molar-refractivity contribution in [3.63, 3.8) is 0 Å². The highest BCUT2D eigenvalue weighted by Crippen LogP contribution is 2.20. The molecule has 0 N–H and O–H groups in total. The summed E-state index contributed by atoms with van der Waals surface area (Å²) in [6.45, 7) is 11.6. The minimum absolute atomic E-state index is 0.739. The smallest absolute Gasteiger partial charge is 0.0406 e. The molecule has 1 aromatic carbocycles. The monoisotopic (exact) mass is 244 g/mol. The van der Waals surface area contributed by atoms with Crippen molar-refractivity contribution in [1.82, 2.24) is 0 Å². The topological polar surface area (TPSA) is 0 Å². The van der Waals surface area contributed by atoms with E-state index >= 15 is 0 Å². The van der Waals surface area contributed by atoms with Crippen LogP contribution in [0.25, 0.3) is 5.57 Å². The van der Waals surface area contributed by atoms with E-state index in [0.29, 0.717) is 0 Å². The molecule has 0 aliphatic heterocycles. The highest BCUT2D eigenvalue weighted by Gasteiger charge is 1.98. The second-order valence-electron chi connectivity index (χ2n) is 3.82. The molecule has 0 bridgehead atoms. The van der Waals surface area contributed by atoms with Gasteiger partial charge < -0.3 is 0 Å². The molecule has 0 aliphatic carbocycles. The molecule has 0 saturated carbocycles. The third kappa shape index (κ3) is 4.46. The van der Waals surface area contributed by atoms with E-state index in [9.17, 15) is 0 Å². The van der Waals surface area contributed by atoms with E-state index in [1.807, 2.05) is 36.4 Å². The van der Waals surface area contributed by atoms with Crippen molar-refractivity contribution in [3.05, 3.63) is 78.4 Å². The Morgan fingerprint density at radius 1 is 1.06 bits per heavy atom. The van der Waals surface area contributed by atoms with E-state index in [1.165, 1.54) is 5.57 Å². The minimum atomic E-state index is 0.739. The Bertz CT molecular complexity index is 423. The molecule has 0 aromatic heterocycles. The van der Waals surface area contributed by atoms with E-state index in [4.69, 9.17) is 11.6 Å². The third-order valence-corrected chi connectivity index (χ3v) is 2.66. The highest BCUT2D eigenvalue weighted by atomic mass is 35.5. The van der Waals surface area contributed by atoms with E-state index in [1.54, 1.807) is 0 Å². The van der Waals surface area contributed by atoms with Gasteiger partial charge in [-0.2, -0.15) is 0 Å². The predicted molar refractivity (Wildman–Crippen MR) is 78.2 cm³/mol. The van der Waals surface area contributed by atoms with Gasteiger partial charge in [0.25, 0.3) is 0 Å². The number of rotatable bonds is 6. The summed E-state index contributed by atoms with van der Waals surface area (Å²) < 4.78 is 0. The number of benzene rings is 1. The lowest BCUT2D eigenvalue weighted by atomic mass is 10.0. The van der Waals surface area contributed by atoms with Crippen LogP contribution in [0.1, 0.15) is 18.4 Å². The van der Waals surface area contributed by atoms with E-state index < -0.39 is 0 Å². The van der Waals surface area contributed by atoms with E-state index in [2.05, 4.69) is 25.8 Å². The first-order valence-corrected chi connectivity index (χ1v) is 5.91. The molecule has 1 aromatic rings. The van der Waals surface area contributed by atoms with Crippen molar-refractivity contribution in [3.8, 4) is 0 Å².